The summed E-state index contributed by atoms with van der Waals surface area (Å²) in [5, 5.41) is 3.40. The van der Waals surface area contributed by atoms with Crippen LogP contribution in [-0.2, 0) is 19.1 Å². The van der Waals surface area contributed by atoms with E-state index in [1.54, 1.807) is 0 Å². The van der Waals surface area contributed by atoms with Gasteiger partial charge >= 0.3 is 0 Å². The summed E-state index contributed by atoms with van der Waals surface area (Å²) in [6.45, 7) is 18.5. The number of amides is 1. The van der Waals surface area contributed by atoms with Gasteiger partial charge < -0.3 is 29.4 Å². The molecule has 0 saturated carbocycles. The predicted octanol–water partition coefficient (Wildman–Crippen LogP) is 2.37. The number of carbonyl (C=O) groups excluding carboxylic acids is 2. The first-order valence-corrected chi connectivity index (χ1v) is 14.4. The topological polar surface area (TPSA) is 74.3 Å². The van der Waals surface area contributed by atoms with Gasteiger partial charge in [-0.2, -0.15) is 0 Å². The van der Waals surface area contributed by atoms with Crippen molar-refractivity contribution in [3.63, 3.8) is 0 Å². The predicted molar refractivity (Wildman–Crippen MR) is 141 cm³/mol. The van der Waals surface area contributed by atoms with Crippen molar-refractivity contribution in [2.24, 2.45) is 17.8 Å². The number of nitrogens with zero attached hydrogens (tertiary/aromatic N) is 3. The van der Waals surface area contributed by atoms with E-state index in [9.17, 15) is 9.59 Å². The first-order valence-electron chi connectivity index (χ1n) is 14.4. The van der Waals surface area contributed by atoms with Gasteiger partial charge in [-0.3, -0.25) is 9.69 Å². The van der Waals surface area contributed by atoms with E-state index in [4.69, 9.17) is 9.47 Å². The van der Waals surface area contributed by atoms with Gasteiger partial charge in [-0.1, -0.05) is 27.7 Å². The molecule has 1 amide bonds. The van der Waals surface area contributed by atoms with Gasteiger partial charge in [0.2, 0.25) is 5.91 Å². The van der Waals surface area contributed by atoms with Crippen LogP contribution in [0.3, 0.4) is 0 Å². The molecule has 0 aliphatic carbocycles. The lowest BCUT2D eigenvalue weighted by molar-refractivity contribution is -0.305. The van der Waals surface area contributed by atoms with Gasteiger partial charge in [-0.05, 0) is 51.1 Å². The van der Waals surface area contributed by atoms with E-state index in [2.05, 4.69) is 49.7 Å². The maximum atomic E-state index is 13.6. The minimum absolute atomic E-state index is 0.0797. The number of rotatable bonds is 10. The Morgan fingerprint density at radius 3 is 2.39 bits per heavy atom. The quantitative estimate of drug-likeness (QED) is 0.456. The van der Waals surface area contributed by atoms with Crippen molar-refractivity contribution in [1.82, 2.24) is 20.0 Å². The lowest BCUT2D eigenvalue weighted by Crippen LogP contribution is -2.68. The number of piperazine rings is 1. The first kappa shape index (κ1) is 28.0. The van der Waals surface area contributed by atoms with Crippen LogP contribution in [-0.4, -0.2) is 109 Å². The lowest BCUT2D eigenvalue weighted by atomic mass is 9.84. The van der Waals surface area contributed by atoms with Crippen molar-refractivity contribution in [3.8, 4) is 0 Å². The van der Waals surface area contributed by atoms with Crippen LogP contribution < -0.4 is 5.32 Å². The molecular weight excluding hydrogens is 456 g/mol. The third kappa shape index (κ3) is 6.32. The van der Waals surface area contributed by atoms with Crippen LogP contribution in [0.4, 0.5) is 0 Å². The summed E-state index contributed by atoms with van der Waals surface area (Å²) < 4.78 is 12.8. The van der Waals surface area contributed by atoms with Gasteiger partial charge in [0.25, 0.3) is 0 Å². The SMILES string of the molecule is CC(C)C[C@@H]1NCCN([C@](C=O)(CC(C)C)CN2CCC3(C[C@@H]2C)OCC(CN2CCC2)CO3)C1=O. The molecule has 0 aromatic rings. The second-order valence-electron chi connectivity index (χ2n) is 12.8. The highest BCUT2D eigenvalue weighted by atomic mass is 16.7. The van der Waals surface area contributed by atoms with Gasteiger partial charge in [-0.25, -0.2) is 0 Å². The molecule has 0 bridgehead atoms. The molecule has 4 fully saturated rings. The van der Waals surface area contributed by atoms with E-state index in [1.165, 1.54) is 19.5 Å². The van der Waals surface area contributed by atoms with Crippen LogP contribution in [0.1, 0.15) is 66.7 Å². The highest BCUT2D eigenvalue weighted by Gasteiger charge is 2.49. The van der Waals surface area contributed by atoms with Crippen LogP contribution in [0.2, 0.25) is 0 Å². The van der Waals surface area contributed by atoms with Gasteiger partial charge in [-0.15, -0.1) is 0 Å². The molecule has 4 saturated heterocycles. The van der Waals surface area contributed by atoms with Crippen molar-refractivity contribution in [2.75, 3.05) is 59.0 Å². The zero-order valence-electron chi connectivity index (χ0n) is 23.3. The van der Waals surface area contributed by atoms with Gasteiger partial charge in [0, 0.05) is 57.5 Å². The molecule has 0 unspecified atom stereocenters. The summed E-state index contributed by atoms with van der Waals surface area (Å²) in [5.41, 5.74) is -0.808. The highest BCUT2D eigenvalue weighted by molar-refractivity contribution is 5.87. The van der Waals surface area contributed by atoms with Crippen LogP contribution in [0.25, 0.3) is 0 Å². The lowest BCUT2D eigenvalue weighted by Gasteiger charge is -2.52. The Labute approximate surface area is 218 Å². The second kappa shape index (κ2) is 11.8. The Hall–Kier alpha value is -1.06. The summed E-state index contributed by atoms with van der Waals surface area (Å²) in [4.78, 5) is 33.3. The fourth-order valence-electron chi connectivity index (χ4n) is 6.68. The largest absolute Gasteiger partial charge is 0.349 e. The van der Waals surface area contributed by atoms with Crippen LogP contribution in [0.5, 0.6) is 0 Å². The van der Waals surface area contributed by atoms with Crippen LogP contribution in [0.15, 0.2) is 0 Å². The first-order chi connectivity index (χ1) is 17.2. The summed E-state index contributed by atoms with van der Waals surface area (Å²) in [5.74, 6) is 0.755. The van der Waals surface area contributed by atoms with Crippen LogP contribution >= 0.6 is 0 Å². The minimum atomic E-state index is -0.808. The zero-order valence-corrected chi connectivity index (χ0v) is 23.3. The molecule has 1 N–H and O–H groups in total. The van der Waals surface area contributed by atoms with Crippen molar-refractivity contribution in [3.05, 3.63) is 0 Å². The standard InChI is InChI=1S/C28H50N4O4/c1-21(2)13-25-26(34)32(12-8-29-25)27(20-33,14-22(3)4)19-31-11-7-28(15-23(31)5)35-17-24(18-36-28)16-30-9-6-10-30/h20-25,29H,6-19H2,1-5H3/t23-,24?,25-,27+,28?/m0/s1. The molecule has 0 aromatic carbocycles. The van der Waals surface area contributed by atoms with Crippen molar-refractivity contribution < 1.29 is 19.1 Å². The maximum absolute atomic E-state index is 13.6. The summed E-state index contributed by atoms with van der Waals surface area (Å²) in [7, 11) is 0. The molecule has 3 atom stereocenters. The molecular formula is C28H50N4O4. The van der Waals surface area contributed by atoms with E-state index in [-0.39, 0.29) is 18.0 Å². The van der Waals surface area contributed by atoms with Gasteiger partial charge in [0.15, 0.2) is 5.79 Å². The third-order valence-corrected chi connectivity index (χ3v) is 8.63. The van der Waals surface area contributed by atoms with Crippen LogP contribution in [0, 0.1) is 17.8 Å². The summed E-state index contributed by atoms with van der Waals surface area (Å²) in [6.07, 6.45) is 5.45. The smallest absolute Gasteiger partial charge is 0.240 e. The molecule has 4 heterocycles. The molecule has 4 aliphatic rings. The molecule has 0 radical (unpaired) electrons. The van der Waals surface area contributed by atoms with E-state index in [1.807, 2.05) is 4.90 Å². The van der Waals surface area contributed by atoms with E-state index in [0.29, 0.717) is 37.3 Å². The minimum Gasteiger partial charge on any atom is -0.349 e. The number of hydrogen-bond donors (Lipinski definition) is 1. The average Bonchev–Trinajstić information content (AvgIpc) is 2.80. The molecule has 8 nitrogen and oxygen atoms in total. The molecule has 1 spiro atoms. The number of aldehydes is 1. The molecule has 0 aromatic heterocycles. The van der Waals surface area contributed by atoms with E-state index < -0.39 is 11.3 Å². The average molecular weight is 507 g/mol. The molecule has 36 heavy (non-hydrogen) atoms. The molecule has 4 rings (SSSR count). The molecule has 4 aliphatic heterocycles. The van der Waals surface area contributed by atoms with Gasteiger partial charge in [0.05, 0.1) is 19.3 Å². The number of carbonyl (C=O) groups is 2. The van der Waals surface area contributed by atoms with Crippen molar-refractivity contribution in [1.29, 1.82) is 0 Å². The maximum Gasteiger partial charge on any atom is 0.240 e. The number of nitrogens with one attached hydrogen (secondary N) is 1. The third-order valence-electron chi connectivity index (χ3n) is 8.63. The molecule has 8 heteroatoms. The zero-order chi connectivity index (χ0) is 25.9. The number of likely N-dealkylation sites (tertiary alicyclic amines) is 2. The van der Waals surface area contributed by atoms with E-state index >= 15 is 0 Å². The Balaban J connectivity index is 1.41. The van der Waals surface area contributed by atoms with Crippen molar-refractivity contribution in [2.45, 2.75) is 90.1 Å². The fraction of sp³-hybridized carbons (Fsp3) is 0.929. The second-order valence-corrected chi connectivity index (χ2v) is 12.8. The monoisotopic (exact) mass is 506 g/mol. The number of ether oxygens (including phenoxy) is 2. The van der Waals surface area contributed by atoms with Crippen molar-refractivity contribution >= 4 is 12.2 Å². The Morgan fingerprint density at radius 2 is 1.83 bits per heavy atom. The normalized spacial score (nSPS) is 34.2. The van der Waals surface area contributed by atoms with E-state index in [0.717, 1.165) is 58.4 Å². The van der Waals surface area contributed by atoms with Gasteiger partial charge in [0.1, 0.15) is 11.8 Å². The molecule has 206 valence electrons. The highest BCUT2D eigenvalue weighted by Crippen LogP contribution is 2.37. The Morgan fingerprint density at radius 1 is 1.11 bits per heavy atom. The summed E-state index contributed by atoms with van der Waals surface area (Å²) in [6, 6.07) is 0.00202. The fourth-order valence-corrected chi connectivity index (χ4v) is 6.68. The Bertz CT molecular complexity index is 750. The number of piperidine rings is 1. The summed E-state index contributed by atoms with van der Waals surface area (Å²) >= 11 is 0. The Kier molecular flexibility index (Phi) is 9.14. The number of hydrogen-bond acceptors (Lipinski definition) is 7.